The van der Waals surface area contributed by atoms with Gasteiger partial charge in [-0.25, -0.2) is 0 Å². The molecular weight excluding hydrogens is 314 g/mol. The molecule has 2 fully saturated rings. The Labute approximate surface area is 152 Å². The molecule has 2 atom stereocenters. The van der Waals surface area contributed by atoms with E-state index in [2.05, 4.69) is 25.7 Å². The second-order valence-electron chi connectivity index (χ2n) is 8.20. The molecule has 0 aliphatic carbocycles. The number of hydrogen-bond acceptors (Lipinski definition) is 4. The normalized spacial score (nSPS) is 28.7. The first-order valence-corrected chi connectivity index (χ1v) is 9.70. The van der Waals surface area contributed by atoms with Gasteiger partial charge in [0.2, 0.25) is 0 Å². The molecule has 4 nitrogen and oxygen atoms in total. The summed E-state index contributed by atoms with van der Waals surface area (Å²) in [6, 6.07) is 9.94. The number of hydrogen-bond donors (Lipinski definition) is 0. The third kappa shape index (κ3) is 4.75. The summed E-state index contributed by atoms with van der Waals surface area (Å²) in [6.07, 6.45) is 5.49. The van der Waals surface area contributed by atoms with Gasteiger partial charge >= 0.3 is 0 Å². The summed E-state index contributed by atoms with van der Waals surface area (Å²) in [7, 11) is 0. The van der Waals surface area contributed by atoms with E-state index in [0.29, 0.717) is 13.2 Å². The molecule has 0 aromatic heterocycles. The predicted molar refractivity (Wildman–Crippen MR) is 99.9 cm³/mol. The summed E-state index contributed by atoms with van der Waals surface area (Å²) < 4.78 is 18.5. The minimum absolute atomic E-state index is 0.152. The molecule has 0 amide bonds. The molecule has 3 rings (SSSR count). The second-order valence-corrected chi connectivity index (χ2v) is 8.20. The number of para-hydroxylation sites is 1. The molecule has 4 heteroatoms. The highest BCUT2D eigenvalue weighted by Gasteiger charge is 2.50. The lowest BCUT2D eigenvalue weighted by Gasteiger charge is -2.39. The number of nitrogens with zero attached hydrogens (tertiary/aromatic N) is 1. The SMILES string of the molecule is CC(C)(COc1ccccc1)C1(C)OCC(CN2CCCCCC2)O1. The fourth-order valence-corrected chi connectivity index (χ4v) is 3.60. The van der Waals surface area contributed by atoms with Crippen LogP contribution in [0.15, 0.2) is 30.3 Å². The largest absolute Gasteiger partial charge is 0.493 e. The van der Waals surface area contributed by atoms with Crippen molar-refractivity contribution in [1.82, 2.24) is 4.90 Å². The lowest BCUT2D eigenvalue weighted by molar-refractivity contribution is -0.231. The van der Waals surface area contributed by atoms with E-state index in [-0.39, 0.29) is 11.5 Å². The molecule has 0 bridgehead atoms. The molecular formula is C21H33NO3. The van der Waals surface area contributed by atoms with Crippen LogP contribution in [0.3, 0.4) is 0 Å². The zero-order valence-electron chi connectivity index (χ0n) is 16.0. The average Bonchev–Trinajstić information content (AvgIpc) is 2.82. The van der Waals surface area contributed by atoms with Gasteiger partial charge in [0.05, 0.1) is 24.7 Å². The van der Waals surface area contributed by atoms with Gasteiger partial charge in [-0.3, -0.25) is 0 Å². The highest BCUT2D eigenvalue weighted by atomic mass is 16.7. The molecule has 2 unspecified atom stereocenters. The van der Waals surface area contributed by atoms with Crippen LogP contribution < -0.4 is 4.74 Å². The Kier molecular flexibility index (Phi) is 6.03. The van der Waals surface area contributed by atoms with Crippen molar-refractivity contribution < 1.29 is 14.2 Å². The highest BCUT2D eigenvalue weighted by molar-refractivity contribution is 5.21. The Morgan fingerprint density at radius 1 is 1.12 bits per heavy atom. The van der Waals surface area contributed by atoms with Gasteiger partial charge in [0.15, 0.2) is 5.79 Å². The quantitative estimate of drug-likeness (QED) is 0.775. The molecule has 0 saturated carbocycles. The van der Waals surface area contributed by atoms with E-state index >= 15 is 0 Å². The molecule has 1 aromatic rings. The smallest absolute Gasteiger partial charge is 0.174 e. The molecule has 0 N–H and O–H groups in total. The maximum Gasteiger partial charge on any atom is 0.174 e. The first-order valence-electron chi connectivity index (χ1n) is 9.70. The van der Waals surface area contributed by atoms with Crippen LogP contribution in [0.4, 0.5) is 0 Å². The fourth-order valence-electron chi connectivity index (χ4n) is 3.60. The van der Waals surface area contributed by atoms with E-state index in [1.807, 2.05) is 30.3 Å². The Hall–Kier alpha value is -1.10. The van der Waals surface area contributed by atoms with E-state index in [9.17, 15) is 0 Å². The monoisotopic (exact) mass is 347 g/mol. The maximum absolute atomic E-state index is 6.40. The van der Waals surface area contributed by atoms with Crippen molar-refractivity contribution >= 4 is 0 Å². The molecule has 0 spiro atoms. The van der Waals surface area contributed by atoms with Crippen molar-refractivity contribution in [2.24, 2.45) is 5.41 Å². The second kappa shape index (κ2) is 8.07. The van der Waals surface area contributed by atoms with E-state index < -0.39 is 5.79 Å². The number of ether oxygens (including phenoxy) is 3. The number of likely N-dealkylation sites (tertiary alicyclic amines) is 1. The Morgan fingerprint density at radius 3 is 2.48 bits per heavy atom. The lowest BCUT2D eigenvalue weighted by atomic mass is 9.85. The minimum atomic E-state index is -0.613. The van der Waals surface area contributed by atoms with Crippen molar-refractivity contribution in [3.05, 3.63) is 30.3 Å². The third-order valence-electron chi connectivity index (χ3n) is 5.67. The summed E-state index contributed by atoms with van der Waals surface area (Å²) in [6.45, 7) is 11.0. The van der Waals surface area contributed by atoms with Gasteiger partial charge in [0.25, 0.3) is 0 Å². The van der Waals surface area contributed by atoms with Gasteiger partial charge in [-0.05, 0) is 45.0 Å². The zero-order valence-corrected chi connectivity index (χ0v) is 16.0. The molecule has 2 aliphatic rings. The summed E-state index contributed by atoms with van der Waals surface area (Å²) in [5.74, 6) is 0.275. The Bertz CT molecular complexity index is 525. The summed E-state index contributed by atoms with van der Waals surface area (Å²) in [4.78, 5) is 2.54. The number of benzene rings is 1. The fraction of sp³-hybridized carbons (Fsp3) is 0.714. The van der Waals surface area contributed by atoms with E-state index in [0.717, 1.165) is 12.3 Å². The van der Waals surface area contributed by atoms with Crippen LogP contribution in [-0.2, 0) is 9.47 Å². The van der Waals surface area contributed by atoms with Gasteiger partial charge in [-0.1, -0.05) is 44.9 Å². The summed E-state index contributed by atoms with van der Waals surface area (Å²) >= 11 is 0. The van der Waals surface area contributed by atoms with Gasteiger partial charge in [0, 0.05) is 6.54 Å². The van der Waals surface area contributed by atoms with Crippen LogP contribution in [0.1, 0.15) is 46.5 Å². The van der Waals surface area contributed by atoms with Crippen LogP contribution in [-0.4, -0.2) is 49.6 Å². The molecule has 25 heavy (non-hydrogen) atoms. The minimum Gasteiger partial charge on any atom is -0.493 e. The topological polar surface area (TPSA) is 30.9 Å². The first-order chi connectivity index (χ1) is 12.0. The molecule has 1 aromatic carbocycles. The van der Waals surface area contributed by atoms with E-state index in [4.69, 9.17) is 14.2 Å². The van der Waals surface area contributed by atoms with Crippen molar-refractivity contribution in [3.8, 4) is 5.75 Å². The Morgan fingerprint density at radius 2 is 1.80 bits per heavy atom. The van der Waals surface area contributed by atoms with Crippen LogP contribution in [0, 0.1) is 5.41 Å². The van der Waals surface area contributed by atoms with Gasteiger partial charge in [-0.15, -0.1) is 0 Å². The van der Waals surface area contributed by atoms with Crippen molar-refractivity contribution in [2.45, 2.75) is 58.3 Å². The third-order valence-corrected chi connectivity index (χ3v) is 5.67. The van der Waals surface area contributed by atoms with E-state index in [1.165, 1.54) is 38.8 Å². The zero-order chi connectivity index (χ0) is 17.8. The first kappa shape index (κ1) is 18.7. The average molecular weight is 347 g/mol. The predicted octanol–water partition coefficient (Wildman–Crippen LogP) is 4.10. The van der Waals surface area contributed by atoms with Crippen LogP contribution in [0.5, 0.6) is 5.75 Å². The number of rotatable bonds is 6. The van der Waals surface area contributed by atoms with E-state index in [1.54, 1.807) is 0 Å². The highest BCUT2D eigenvalue weighted by Crippen LogP contribution is 2.40. The summed E-state index contributed by atoms with van der Waals surface area (Å²) in [5, 5.41) is 0. The Balaban J connectivity index is 1.53. The van der Waals surface area contributed by atoms with Crippen LogP contribution in [0.2, 0.25) is 0 Å². The van der Waals surface area contributed by atoms with Gasteiger partial charge in [0.1, 0.15) is 5.75 Å². The van der Waals surface area contributed by atoms with Crippen molar-refractivity contribution in [1.29, 1.82) is 0 Å². The molecule has 140 valence electrons. The molecule has 2 saturated heterocycles. The maximum atomic E-state index is 6.40. The van der Waals surface area contributed by atoms with Crippen molar-refractivity contribution in [3.63, 3.8) is 0 Å². The standard InChI is InChI=1S/C21H33NO3/c1-20(2,17-23-18-11-7-6-8-12-18)21(3)24-16-19(25-21)15-22-13-9-4-5-10-14-22/h6-8,11-12,19H,4-5,9-10,13-17H2,1-3H3. The molecule has 2 heterocycles. The van der Waals surface area contributed by atoms with Crippen LogP contribution >= 0.6 is 0 Å². The van der Waals surface area contributed by atoms with Crippen LogP contribution in [0.25, 0.3) is 0 Å². The van der Waals surface area contributed by atoms with Gasteiger partial charge in [-0.2, -0.15) is 0 Å². The van der Waals surface area contributed by atoms with Crippen molar-refractivity contribution in [2.75, 3.05) is 32.8 Å². The molecule has 2 aliphatic heterocycles. The summed E-state index contributed by atoms with van der Waals surface area (Å²) in [5.41, 5.74) is -0.240. The molecule has 0 radical (unpaired) electrons. The lowest BCUT2D eigenvalue weighted by Crippen LogP contribution is -2.47. The van der Waals surface area contributed by atoms with Gasteiger partial charge < -0.3 is 19.1 Å².